The van der Waals surface area contributed by atoms with E-state index in [1.807, 2.05) is 39.1 Å². The van der Waals surface area contributed by atoms with Crippen LogP contribution in [-0.4, -0.2) is 41.1 Å². The summed E-state index contributed by atoms with van der Waals surface area (Å²) in [4.78, 5) is 17.4. The molecule has 0 unspecified atom stereocenters. The zero-order valence-electron chi connectivity index (χ0n) is 19.5. The Kier molecular flexibility index (Phi) is 5.71. The van der Waals surface area contributed by atoms with E-state index in [2.05, 4.69) is 24.3 Å². The normalized spacial score (nSPS) is 12.9. The maximum absolute atomic E-state index is 12.7. The molecule has 1 aromatic carbocycles. The molecule has 1 aliphatic rings. The third kappa shape index (κ3) is 3.97. The second kappa shape index (κ2) is 8.33. The molecule has 32 heavy (non-hydrogen) atoms. The van der Waals surface area contributed by atoms with Crippen molar-refractivity contribution in [3.05, 3.63) is 40.6 Å². The van der Waals surface area contributed by atoms with Gasteiger partial charge in [0.25, 0.3) is 0 Å². The zero-order valence-corrected chi connectivity index (χ0v) is 19.5. The maximum atomic E-state index is 12.7. The largest absolute Gasteiger partial charge is 0.479 e. The van der Waals surface area contributed by atoms with Gasteiger partial charge >= 0.3 is 0 Å². The van der Waals surface area contributed by atoms with E-state index in [1.165, 1.54) is 0 Å². The van der Waals surface area contributed by atoms with Crippen molar-refractivity contribution < 1.29 is 19.0 Å². The van der Waals surface area contributed by atoms with Crippen molar-refractivity contribution in [2.45, 2.75) is 46.0 Å². The highest BCUT2D eigenvalue weighted by atomic mass is 16.7. The van der Waals surface area contributed by atoms with E-state index >= 15 is 0 Å². The molecular formula is C24H30N4O4. The number of benzene rings is 1. The lowest BCUT2D eigenvalue weighted by molar-refractivity contribution is -0.121. The lowest BCUT2D eigenvalue weighted by Crippen LogP contribution is -2.36. The van der Waals surface area contributed by atoms with Crippen LogP contribution in [-0.2, 0) is 23.7 Å². The lowest BCUT2D eigenvalue weighted by atomic mass is 9.84. The molecule has 8 nitrogen and oxygen atoms in total. The quantitative estimate of drug-likeness (QED) is 0.609. The number of nitrogens with zero attached hydrogens (tertiary/aromatic N) is 3. The van der Waals surface area contributed by atoms with E-state index in [0.29, 0.717) is 25.3 Å². The second-order valence-corrected chi connectivity index (χ2v) is 8.86. The van der Waals surface area contributed by atoms with Crippen LogP contribution in [0.5, 0.6) is 17.4 Å². The minimum atomic E-state index is -0.244. The topological polar surface area (TPSA) is 87.5 Å². The van der Waals surface area contributed by atoms with Crippen molar-refractivity contribution in [3.8, 4) is 17.4 Å². The fourth-order valence-electron chi connectivity index (χ4n) is 4.17. The van der Waals surface area contributed by atoms with Gasteiger partial charge in [-0.15, -0.1) is 5.10 Å². The van der Waals surface area contributed by atoms with Crippen molar-refractivity contribution >= 4 is 16.9 Å². The van der Waals surface area contributed by atoms with E-state index in [9.17, 15) is 4.79 Å². The van der Waals surface area contributed by atoms with Crippen molar-refractivity contribution in [3.63, 3.8) is 0 Å². The van der Waals surface area contributed by atoms with Gasteiger partial charge in [-0.3, -0.25) is 4.79 Å². The Morgan fingerprint density at radius 3 is 2.75 bits per heavy atom. The number of pyridine rings is 1. The third-order valence-electron chi connectivity index (χ3n) is 6.20. The Hall–Kier alpha value is -3.29. The molecule has 2 aromatic heterocycles. The molecule has 1 aliphatic heterocycles. The van der Waals surface area contributed by atoms with Gasteiger partial charge in [0, 0.05) is 31.1 Å². The monoisotopic (exact) mass is 438 g/mol. The molecule has 3 heterocycles. The Morgan fingerprint density at radius 2 is 2.00 bits per heavy atom. The van der Waals surface area contributed by atoms with Gasteiger partial charge in [0.2, 0.25) is 18.6 Å². The van der Waals surface area contributed by atoms with E-state index < -0.39 is 0 Å². The molecule has 0 fully saturated rings. The third-order valence-corrected chi connectivity index (χ3v) is 6.20. The van der Waals surface area contributed by atoms with Crippen LogP contribution in [0.15, 0.2) is 18.2 Å². The summed E-state index contributed by atoms with van der Waals surface area (Å²) in [5.74, 6) is 2.08. The number of rotatable bonds is 7. The molecule has 0 radical (unpaired) electrons. The van der Waals surface area contributed by atoms with Crippen molar-refractivity contribution in [2.24, 2.45) is 7.05 Å². The molecule has 0 spiro atoms. The van der Waals surface area contributed by atoms with Crippen LogP contribution >= 0.6 is 0 Å². The van der Waals surface area contributed by atoms with Crippen molar-refractivity contribution in [1.29, 1.82) is 0 Å². The summed E-state index contributed by atoms with van der Waals surface area (Å²) in [5.41, 5.74) is 4.67. The molecule has 3 aromatic rings. The van der Waals surface area contributed by atoms with Gasteiger partial charge in [0.05, 0.1) is 12.5 Å². The Bertz CT molecular complexity index is 1180. The average Bonchev–Trinajstić information content (AvgIpc) is 3.36. The SMILES string of the molecule is COc1nn(C)c2nc(C)c(CCC(=O)NCC(C)(C)c3ccc4c(c3)OCO4)c(C)c12. The summed E-state index contributed by atoms with van der Waals surface area (Å²) in [6, 6.07) is 5.93. The number of carbonyl (C=O) groups is 1. The fourth-order valence-corrected chi connectivity index (χ4v) is 4.17. The predicted molar refractivity (Wildman–Crippen MR) is 121 cm³/mol. The lowest BCUT2D eigenvalue weighted by Gasteiger charge is -2.26. The molecule has 170 valence electrons. The number of hydrogen-bond donors (Lipinski definition) is 1. The Morgan fingerprint density at radius 1 is 1.25 bits per heavy atom. The summed E-state index contributed by atoms with van der Waals surface area (Å²) < 4.78 is 18.0. The number of aryl methyl sites for hydroxylation is 3. The number of aromatic nitrogens is 3. The first kappa shape index (κ1) is 21.9. The second-order valence-electron chi connectivity index (χ2n) is 8.86. The van der Waals surface area contributed by atoms with Crippen molar-refractivity contribution in [2.75, 3.05) is 20.4 Å². The number of amides is 1. The maximum Gasteiger partial charge on any atom is 0.242 e. The standard InChI is InChI=1S/C24H30N4O4/c1-14-17(15(2)26-22-21(14)23(30-6)27-28(22)5)8-10-20(29)25-12-24(3,4)16-7-9-18-19(11-16)32-13-31-18/h7,9,11H,8,10,12-13H2,1-6H3,(H,25,29). The molecule has 0 saturated carbocycles. The summed E-state index contributed by atoms with van der Waals surface area (Å²) in [7, 11) is 3.46. The van der Waals surface area contributed by atoms with Crippen molar-refractivity contribution in [1.82, 2.24) is 20.1 Å². The molecular weight excluding hydrogens is 408 g/mol. The zero-order chi connectivity index (χ0) is 23.0. The Labute approximate surface area is 187 Å². The van der Waals surface area contributed by atoms with Gasteiger partial charge < -0.3 is 19.5 Å². The smallest absolute Gasteiger partial charge is 0.242 e. The Balaban J connectivity index is 1.42. The number of hydrogen-bond acceptors (Lipinski definition) is 6. The molecule has 1 N–H and O–H groups in total. The number of nitrogens with one attached hydrogen (secondary N) is 1. The molecule has 4 rings (SSSR count). The fraction of sp³-hybridized carbons (Fsp3) is 0.458. The van der Waals surface area contributed by atoms with Gasteiger partial charge in [0.1, 0.15) is 0 Å². The van der Waals surface area contributed by atoms with Crippen LogP contribution in [0.3, 0.4) is 0 Å². The highest BCUT2D eigenvalue weighted by Gasteiger charge is 2.25. The van der Waals surface area contributed by atoms with Gasteiger partial charge in [-0.05, 0) is 49.1 Å². The van der Waals surface area contributed by atoms with Gasteiger partial charge in [-0.1, -0.05) is 19.9 Å². The summed E-state index contributed by atoms with van der Waals surface area (Å²) in [5, 5.41) is 8.38. The van der Waals surface area contributed by atoms with E-state index in [0.717, 1.165) is 44.9 Å². The molecule has 0 atom stereocenters. The number of methoxy groups -OCH3 is 1. The van der Waals surface area contributed by atoms with Crippen LogP contribution < -0.4 is 19.5 Å². The summed E-state index contributed by atoms with van der Waals surface area (Å²) >= 11 is 0. The van der Waals surface area contributed by atoms with E-state index in [1.54, 1.807) is 11.8 Å². The average molecular weight is 439 g/mol. The number of fused-ring (bicyclic) bond motifs is 2. The van der Waals surface area contributed by atoms with Crippen LogP contribution in [0.2, 0.25) is 0 Å². The predicted octanol–water partition coefficient (Wildman–Crippen LogP) is 3.35. The summed E-state index contributed by atoms with van der Waals surface area (Å²) in [6.07, 6.45) is 0.990. The van der Waals surface area contributed by atoms with E-state index in [4.69, 9.17) is 19.2 Å². The minimum Gasteiger partial charge on any atom is -0.479 e. The van der Waals surface area contributed by atoms with Gasteiger partial charge in [-0.2, -0.15) is 0 Å². The first-order valence-corrected chi connectivity index (χ1v) is 10.7. The molecule has 0 bridgehead atoms. The first-order chi connectivity index (χ1) is 15.2. The first-order valence-electron chi connectivity index (χ1n) is 10.7. The summed E-state index contributed by atoms with van der Waals surface area (Å²) in [6.45, 7) is 8.99. The highest BCUT2D eigenvalue weighted by Crippen LogP contribution is 2.36. The van der Waals surface area contributed by atoms with Crippen LogP contribution in [0.4, 0.5) is 0 Å². The van der Waals surface area contributed by atoms with Gasteiger partial charge in [0.15, 0.2) is 17.1 Å². The minimum absolute atomic E-state index is 0.0101. The molecule has 0 saturated heterocycles. The molecule has 0 aliphatic carbocycles. The van der Waals surface area contributed by atoms with Crippen LogP contribution in [0.25, 0.3) is 11.0 Å². The number of carbonyl (C=O) groups excluding carboxylic acids is 1. The molecule has 1 amide bonds. The van der Waals surface area contributed by atoms with Crippen LogP contribution in [0, 0.1) is 13.8 Å². The van der Waals surface area contributed by atoms with Gasteiger partial charge in [-0.25, -0.2) is 9.67 Å². The molecule has 8 heteroatoms. The van der Waals surface area contributed by atoms with Crippen LogP contribution in [0.1, 0.15) is 42.7 Å². The highest BCUT2D eigenvalue weighted by molar-refractivity contribution is 5.86. The number of ether oxygens (including phenoxy) is 3. The van der Waals surface area contributed by atoms with E-state index in [-0.39, 0.29) is 18.1 Å².